The average Bonchev–Trinajstić information content (AvgIpc) is 2.69. The van der Waals surface area contributed by atoms with Crippen LogP contribution in [-0.2, 0) is 27.9 Å². The van der Waals surface area contributed by atoms with Crippen molar-refractivity contribution in [1.82, 2.24) is 5.32 Å². The summed E-state index contributed by atoms with van der Waals surface area (Å²) >= 11 is 1.00. The van der Waals surface area contributed by atoms with Crippen molar-refractivity contribution >= 4 is 24.1 Å². The summed E-state index contributed by atoms with van der Waals surface area (Å²) in [6, 6.07) is -1.03. The van der Waals surface area contributed by atoms with E-state index in [2.05, 4.69) is 5.32 Å². The number of ether oxygens (including phenoxy) is 2. The summed E-state index contributed by atoms with van der Waals surface area (Å²) in [6.07, 6.45) is -3.68. The van der Waals surface area contributed by atoms with E-state index in [1.807, 2.05) is 41.5 Å². The number of amides is 1. The number of aliphatic hydroxyl groups is 3. The molecule has 190 valence electrons. The fraction of sp³-hybridized carbons (Fsp3) is 0.950. The summed E-state index contributed by atoms with van der Waals surface area (Å²) in [5.74, 6) is -0.225. The molecule has 0 aliphatic carbocycles. The molecular formula is C20H40NO9PS. The lowest BCUT2D eigenvalue weighted by Crippen LogP contribution is -2.64. The Kier molecular flexibility index (Phi) is 11.6. The van der Waals surface area contributed by atoms with Crippen LogP contribution in [0.1, 0.15) is 61.3 Å². The maximum Gasteiger partial charge on any atom is 0.390 e. The Morgan fingerprint density at radius 3 is 2.06 bits per heavy atom. The molecular weight excluding hydrogens is 461 g/mol. The third kappa shape index (κ3) is 9.19. The molecule has 1 heterocycles. The van der Waals surface area contributed by atoms with Crippen molar-refractivity contribution in [2.45, 2.75) is 103 Å². The lowest BCUT2D eigenvalue weighted by Gasteiger charge is -2.42. The van der Waals surface area contributed by atoms with Gasteiger partial charge in [-0.3, -0.25) is 13.8 Å². The number of hydrogen-bond acceptors (Lipinski definition) is 10. The second-order valence-electron chi connectivity index (χ2n) is 8.99. The standard InChI is InChI=1S/C20H40NO9PS/c1-8-19(4,5)29-31(26,30-20(6,7)9-2)32-11-10-27-18-15(21-13(3)23)17(25)16(24)14(12-22)28-18/h14-18,22,24-25H,8-12H2,1-7H3,(H,21,23). The van der Waals surface area contributed by atoms with E-state index in [0.29, 0.717) is 12.8 Å². The summed E-state index contributed by atoms with van der Waals surface area (Å²) in [4.78, 5) is 11.5. The molecule has 1 aliphatic rings. The largest absolute Gasteiger partial charge is 0.394 e. The molecule has 1 fully saturated rings. The van der Waals surface area contributed by atoms with Gasteiger partial charge in [0, 0.05) is 12.7 Å². The maximum absolute atomic E-state index is 13.5. The van der Waals surface area contributed by atoms with Gasteiger partial charge in [0.25, 0.3) is 0 Å². The first-order valence-electron chi connectivity index (χ1n) is 10.9. The molecule has 1 aliphatic heterocycles. The molecule has 0 spiro atoms. The van der Waals surface area contributed by atoms with Crippen molar-refractivity contribution in [2.24, 2.45) is 0 Å². The van der Waals surface area contributed by atoms with Gasteiger partial charge in [0.15, 0.2) is 6.29 Å². The number of carbonyl (C=O) groups excluding carboxylic acids is 1. The highest BCUT2D eigenvalue weighted by atomic mass is 32.7. The van der Waals surface area contributed by atoms with Crippen LogP contribution in [0, 0.1) is 0 Å². The number of hydrogen-bond donors (Lipinski definition) is 4. The fourth-order valence-corrected chi connectivity index (χ4v) is 7.16. The number of nitrogens with one attached hydrogen (secondary N) is 1. The fourth-order valence-electron chi connectivity index (χ4n) is 2.73. The minimum atomic E-state index is -3.55. The molecule has 0 radical (unpaired) electrons. The third-order valence-electron chi connectivity index (χ3n) is 5.29. The van der Waals surface area contributed by atoms with Crippen LogP contribution in [0.25, 0.3) is 0 Å². The van der Waals surface area contributed by atoms with Gasteiger partial charge in [-0.05, 0) is 51.9 Å². The molecule has 32 heavy (non-hydrogen) atoms. The van der Waals surface area contributed by atoms with Crippen molar-refractivity contribution in [3.63, 3.8) is 0 Å². The van der Waals surface area contributed by atoms with Crippen LogP contribution in [0.3, 0.4) is 0 Å². The van der Waals surface area contributed by atoms with E-state index in [-0.39, 0.29) is 12.4 Å². The Hall–Kier alpha value is -0.230. The molecule has 0 bridgehead atoms. The monoisotopic (exact) mass is 501 g/mol. The number of carbonyl (C=O) groups is 1. The van der Waals surface area contributed by atoms with Crippen LogP contribution in [-0.4, -0.2) is 82.0 Å². The molecule has 1 rings (SSSR count). The average molecular weight is 502 g/mol. The van der Waals surface area contributed by atoms with E-state index in [1.54, 1.807) is 0 Å². The summed E-state index contributed by atoms with van der Waals surface area (Å²) in [5.41, 5.74) is -1.30. The van der Waals surface area contributed by atoms with Crippen LogP contribution in [0.15, 0.2) is 0 Å². The van der Waals surface area contributed by atoms with Gasteiger partial charge in [-0.1, -0.05) is 13.8 Å². The summed E-state index contributed by atoms with van der Waals surface area (Å²) in [7, 11) is 0. The molecule has 5 atom stereocenters. The van der Waals surface area contributed by atoms with Gasteiger partial charge in [0.1, 0.15) is 24.4 Å². The van der Waals surface area contributed by atoms with Gasteiger partial charge in [-0.2, -0.15) is 0 Å². The molecule has 12 heteroatoms. The quantitative estimate of drug-likeness (QED) is 0.219. The van der Waals surface area contributed by atoms with Gasteiger partial charge < -0.3 is 30.1 Å². The van der Waals surface area contributed by atoms with Crippen molar-refractivity contribution < 1.29 is 43.2 Å². The van der Waals surface area contributed by atoms with Gasteiger partial charge in [-0.15, -0.1) is 0 Å². The lowest BCUT2D eigenvalue weighted by atomic mass is 9.97. The van der Waals surface area contributed by atoms with Gasteiger partial charge in [0.2, 0.25) is 5.91 Å². The highest BCUT2D eigenvalue weighted by molar-refractivity contribution is 8.55. The van der Waals surface area contributed by atoms with Crippen LogP contribution < -0.4 is 5.32 Å². The maximum atomic E-state index is 13.5. The molecule has 0 aromatic rings. The predicted molar refractivity (Wildman–Crippen MR) is 122 cm³/mol. The van der Waals surface area contributed by atoms with Crippen molar-refractivity contribution in [3.05, 3.63) is 0 Å². The first-order chi connectivity index (χ1) is 14.7. The molecule has 1 amide bonds. The van der Waals surface area contributed by atoms with E-state index >= 15 is 0 Å². The minimum Gasteiger partial charge on any atom is -0.394 e. The molecule has 5 unspecified atom stereocenters. The zero-order valence-corrected chi connectivity index (χ0v) is 21.8. The van der Waals surface area contributed by atoms with Crippen molar-refractivity contribution in [3.8, 4) is 0 Å². The molecule has 4 N–H and O–H groups in total. The van der Waals surface area contributed by atoms with E-state index in [4.69, 9.17) is 18.5 Å². The summed E-state index contributed by atoms with van der Waals surface area (Å²) in [5, 5.41) is 32.3. The van der Waals surface area contributed by atoms with E-state index in [0.717, 1.165) is 11.4 Å². The smallest absolute Gasteiger partial charge is 0.390 e. The molecule has 0 aromatic heterocycles. The third-order valence-corrected chi connectivity index (χ3v) is 9.33. The van der Waals surface area contributed by atoms with Crippen molar-refractivity contribution in [1.29, 1.82) is 0 Å². The lowest BCUT2D eigenvalue weighted by molar-refractivity contribution is -0.268. The van der Waals surface area contributed by atoms with E-state index in [9.17, 15) is 24.7 Å². The highest BCUT2D eigenvalue weighted by Crippen LogP contribution is 2.65. The summed E-state index contributed by atoms with van der Waals surface area (Å²) in [6.45, 7) is 8.45. The van der Waals surface area contributed by atoms with E-state index in [1.165, 1.54) is 6.92 Å². The first kappa shape index (κ1) is 29.8. The Balaban J connectivity index is 2.83. The summed E-state index contributed by atoms with van der Waals surface area (Å²) < 4.78 is 36.5. The molecule has 1 saturated heterocycles. The van der Waals surface area contributed by atoms with Gasteiger partial charge in [-0.25, -0.2) is 4.57 Å². The van der Waals surface area contributed by atoms with Crippen LogP contribution in [0.4, 0.5) is 0 Å². The van der Waals surface area contributed by atoms with Crippen LogP contribution in [0.2, 0.25) is 0 Å². The minimum absolute atomic E-state index is 0.0300. The van der Waals surface area contributed by atoms with Gasteiger partial charge in [0.05, 0.1) is 24.4 Å². The van der Waals surface area contributed by atoms with Crippen LogP contribution >= 0.6 is 18.2 Å². The number of aliphatic hydroxyl groups excluding tert-OH is 3. The van der Waals surface area contributed by atoms with Crippen LogP contribution in [0.5, 0.6) is 0 Å². The molecule has 0 saturated carbocycles. The molecule has 0 aromatic carbocycles. The SMILES string of the molecule is CCC(C)(C)OP(=O)(OC(C)(C)CC)SCCOC1OC(CO)C(O)C(O)C1NC(C)=O. The second kappa shape index (κ2) is 12.5. The topological polar surface area (TPSA) is 144 Å². The zero-order valence-electron chi connectivity index (χ0n) is 20.1. The zero-order chi connectivity index (χ0) is 24.7. The second-order valence-corrected chi connectivity index (χ2v) is 13.0. The number of rotatable bonds is 13. The molecule has 10 nitrogen and oxygen atoms in total. The normalized spacial score (nSPS) is 27.4. The highest BCUT2D eigenvalue weighted by Gasteiger charge is 2.45. The Morgan fingerprint density at radius 1 is 1.09 bits per heavy atom. The van der Waals surface area contributed by atoms with Crippen molar-refractivity contribution in [2.75, 3.05) is 19.0 Å². The Morgan fingerprint density at radius 2 is 1.62 bits per heavy atom. The van der Waals surface area contributed by atoms with Gasteiger partial charge >= 0.3 is 6.80 Å². The Labute approximate surface area is 195 Å². The predicted octanol–water partition coefficient (Wildman–Crippen LogP) is 2.20. The Bertz CT molecular complexity index is 627. The first-order valence-corrected chi connectivity index (χ1v) is 14.0. The van der Waals surface area contributed by atoms with E-state index < -0.39 is 61.2 Å².